The van der Waals surface area contributed by atoms with Gasteiger partial charge in [-0.1, -0.05) is 75.4 Å². The number of rotatable bonds is 9. The minimum atomic E-state index is -0.262. The summed E-state index contributed by atoms with van der Waals surface area (Å²) in [5, 5.41) is 3.42. The van der Waals surface area contributed by atoms with Crippen molar-refractivity contribution in [3.05, 3.63) is 100.0 Å². The summed E-state index contributed by atoms with van der Waals surface area (Å²) in [6, 6.07) is 20.4. The largest absolute Gasteiger partial charge is 0.489 e. The molecule has 162 valence electrons. The number of hydrogen-bond donors (Lipinski definition) is 1. The van der Waals surface area contributed by atoms with Crippen LogP contribution in [0, 0.1) is 5.41 Å². The molecule has 0 saturated carbocycles. The van der Waals surface area contributed by atoms with Crippen LogP contribution in [0.3, 0.4) is 0 Å². The number of pyridine rings is 1. The lowest BCUT2D eigenvalue weighted by molar-refractivity contribution is 0.0970. The van der Waals surface area contributed by atoms with Gasteiger partial charge in [0, 0.05) is 30.9 Å². The highest BCUT2D eigenvalue weighted by molar-refractivity contribution is 5.95. The van der Waals surface area contributed by atoms with Crippen molar-refractivity contribution in [2.24, 2.45) is 5.41 Å². The molecule has 1 heterocycles. The zero-order chi connectivity index (χ0) is 22.3. The van der Waals surface area contributed by atoms with Crippen molar-refractivity contribution in [2.45, 2.75) is 40.5 Å². The summed E-state index contributed by atoms with van der Waals surface area (Å²) in [5.74, 6) is 0.388. The molecule has 0 saturated heterocycles. The van der Waals surface area contributed by atoms with Crippen LogP contribution < -0.4 is 15.6 Å². The van der Waals surface area contributed by atoms with E-state index in [2.05, 4.69) is 26.1 Å². The van der Waals surface area contributed by atoms with Gasteiger partial charge in [-0.3, -0.25) is 9.59 Å². The Bertz CT molecular complexity index is 1050. The Hall–Kier alpha value is -3.18. The van der Waals surface area contributed by atoms with Crippen molar-refractivity contribution in [2.75, 3.05) is 6.54 Å². The molecule has 0 aliphatic heterocycles. The highest BCUT2D eigenvalue weighted by Gasteiger charge is 2.11. The fraction of sp³-hybridized carbons (Fsp3) is 0.308. The molecular formula is C26H30N2O3. The van der Waals surface area contributed by atoms with Crippen molar-refractivity contribution in [3.63, 3.8) is 0 Å². The zero-order valence-corrected chi connectivity index (χ0v) is 18.4. The molecule has 0 atom stereocenters. The number of carbonyl (C=O) groups excluding carboxylic acids is 1. The van der Waals surface area contributed by atoms with E-state index < -0.39 is 0 Å². The molecule has 3 rings (SSSR count). The molecule has 31 heavy (non-hydrogen) atoms. The molecule has 0 unspecified atom stereocenters. The number of nitrogens with one attached hydrogen (secondary N) is 1. The quantitative estimate of drug-likeness (QED) is 0.522. The van der Waals surface area contributed by atoms with Gasteiger partial charge in [-0.25, -0.2) is 0 Å². The molecule has 1 aromatic heterocycles. The fourth-order valence-electron chi connectivity index (χ4n) is 3.09. The minimum absolute atomic E-state index is 0.000576. The van der Waals surface area contributed by atoms with E-state index in [1.807, 2.05) is 54.6 Å². The van der Waals surface area contributed by atoms with E-state index in [-0.39, 0.29) is 23.3 Å². The van der Waals surface area contributed by atoms with E-state index in [1.165, 1.54) is 10.6 Å². The van der Waals surface area contributed by atoms with E-state index in [4.69, 9.17) is 4.74 Å². The van der Waals surface area contributed by atoms with E-state index >= 15 is 0 Å². The summed E-state index contributed by atoms with van der Waals surface area (Å²) in [7, 11) is 0. The molecule has 1 N–H and O–H groups in total. The maximum absolute atomic E-state index is 12.6. The molecule has 0 aliphatic rings. The molecule has 5 nitrogen and oxygen atoms in total. The Morgan fingerprint density at radius 3 is 2.32 bits per heavy atom. The van der Waals surface area contributed by atoms with Crippen molar-refractivity contribution in [3.8, 4) is 5.75 Å². The lowest BCUT2D eigenvalue weighted by atomic mass is 9.97. The summed E-state index contributed by atoms with van der Waals surface area (Å²) < 4.78 is 7.08. The van der Waals surface area contributed by atoms with Gasteiger partial charge in [0.15, 0.2) is 5.78 Å². The highest BCUT2D eigenvalue weighted by Crippen LogP contribution is 2.12. The second kappa shape index (κ2) is 10.2. The Morgan fingerprint density at radius 1 is 0.968 bits per heavy atom. The molecule has 5 heteroatoms. The van der Waals surface area contributed by atoms with E-state index in [0.717, 1.165) is 24.2 Å². The van der Waals surface area contributed by atoms with Crippen LogP contribution in [0.1, 0.15) is 42.3 Å². The van der Waals surface area contributed by atoms with Crippen LogP contribution in [0.4, 0.5) is 0 Å². The highest BCUT2D eigenvalue weighted by atomic mass is 16.5. The predicted octanol–water partition coefficient (Wildman–Crippen LogP) is 4.45. The monoisotopic (exact) mass is 418 g/mol. The van der Waals surface area contributed by atoms with Crippen LogP contribution >= 0.6 is 0 Å². The van der Waals surface area contributed by atoms with Gasteiger partial charge < -0.3 is 14.6 Å². The Labute approximate surface area is 183 Å². The average molecular weight is 419 g/mol. The number of aromatic nitrogens is 1. The molecule has 2 aromatic carbocycles. The van der Waals surface area contributed by atoms with Gasteiger partial charge in [0.05, 0.1) is 6.54 Å². The standard InChI is InChI=1S/C26H30N2O3/c1-26(2,3)19-27-16-20-9-11-22(12-10-20)24(29)17-28-14-13-23(15-25(28)30)31-18-21-7-5-4-6-8-21/h4-15,27H,16-19H2,1-3H3. The summed E-state index contributed by atoms with van der Waals surface area (Å²) in [5.41, 5.74) is 2.71. The first kappa shape index (κ1) is 22.5. The number of carbonyl (C=O) groups is 1. The van der Waals surface area contributed by atoms with Crippen LogP contribution in [0.25, 0.3) is 0 Å². The van der Waals surface area contributed by atoms with Gasteiger partial charge in [-0.05, 0) is 22.6 Å². The molecule has 0 amide bonds. The van der Waals surface area contributed by atoms with Gasteiger partial charge in [-0.2, -0.15) is 0 Å². The number of hydrogen-bond acceptors (Lipinski definition) is 4. The second-order valence-corrected chi connectivity index (χ2v) is 8.89. The third-order valence-corrected chi connectivity index (χ3v) is 4.79. The Morgan fingerprint density at radius 2 is 1.68 bits per heavy atom. The number of Topliss-reactive ketones (excluding diaryl/α,β-unsaturated/α-hetero) is 1. The van der Waals surface area contributed by atoms with Gasteiger partial charge in [0.25, 0.3) is 5.56 Å². The fourth-order valence-corrected chi connectivity index (χ4v) is 3.09. The van der Waals surface area contributed by atoms with E-state index in [9.17, 15) is 9.59 Å². The van der Waals surface area contributed by atoms with Crippen LogP contribution in [0.15, 0.2) is 77.7 Å². The summed E-state index contributed by atoms with van der Waals surface area (Å²) in [6.45, 7) is 8.62. The predicted molar refractivity (Wildman–Crippen MR) is 123 cm³/mol. The van der Waals surface area contributed by atoms with Crippen LogP contribution in [-0.2, 0) is 19.7 Å². The van der Waals surface area contributed by atoms with Crippen LogP contribution in [0.5, 0.6) is 5.75 Å². The normalized spacial score (nSPS) is 11.3. The third-order valence-electron chi connectivity index (χ3n) is 4.79. The zero-order valence-electron chi connectivity index (χ0n) is 18.4. The van der Waals surface area contributed by atoms with Crippen molar-refractivity contribution >= 4 is 5.78 Å². The molecule has 0 bridgehead atoms. The van der Waals surface area contributed by atoms with Crippen LogP contribution in [-0.4, -0.2) is 16.9 Å². The molecule has 0 radical (unpaired) electrons. The number of benzene rings is 2. The van der Waals surface area contributed by atoms with Gasteiger partial charge in [0.1, 0.15) is 12.4 Å². The van der Waals surface area contributed by atoms with Gasteiger partial charge in [-0.15, -0.1) is 0 Å². The molecular weight excluding hydrogens is 388 g/mol. The third kappa shape index (κ3) is 7.23. The molecule has 0 aliphatic carbocycles. The SMILES string of the molecule is CC(C)(C)CNCc1ccc(C(=O)Cn2ccc(OCc3ccccc3)cc2=O)cc1. The summed E-state index contributed by atoms with van der Waals surface area (Å²) in [4.78, 5) is 25.0. The molecule has 0 fully saturated rings. The first-order valence-corrected chi connectivity index (χ1v) is 10.5. The van der Waals surface area contributed by atoms with E-state index in [1.54, 1.807) is 12.3 Å². The lowest BCUT2D eigenvalue weighted by Gasteiger charge is -2.18. The Kier molecular flexibility index (Phi) is 7.42. The number of ketones is 1. The summed E-state index contributed by atoms with van der Waals surface area (Å²) in [6.07, 6.45) is 1.60. The van der Waals surface area contributed by atoms with E-state index in [0.29, 0.717) is 17.9 Å². The summed E-state index contributed by atoms with van der Waals surface area (Å²) >= 11 is 0. The minimum Gasteiger partial charge on any atom is -0.489 e. The Balaban J connectivity index is 1.55. The van der Waals surface area contributed by atoms with Gasteiger partial charge >= 0.3 is 0 Å². The maximum atomic E-state index is 12.6. The maximum Gasteiger partial charge on any atom is 0.254 e. The smallest absolute Gasteiger partial charge is 0.254 e. The lowest BCUT2D eigenvalue weighted by Crippen LogP contribution is -2.26. The van der Waals surface area contributed by atoms with Crippen molar-refractivity contribution < 1.29 is 9.53 Å². The average Bonchev–Trinajstić information content (AvgIpc) is 2.74. The first-order chi connectivity index (χ1) is 14.8. The first-order valence-electron chi connectivity index (χ1n) is 10.5. The van der Waals surface area contributed by atoms with Crippen molar-refractivity contribution in [1.82, 2.24) is 9.88 Å². The van der Waals surface area contributed by atoms with Crippen molar-refractivity contribution in [1.29, 1.82) is 0 Å². The molecule has 0 spiro atoms. The number of ether oxygens (including phenoxy) is 1. The molecule has 3 aromatic rings. The second-order valence-electron chi connectivity index (χ2n) is 8.89. The topological polar surface area (TPSA) is 60.3 Å². The van der Waals surface area contributed by atoms with Crippen LogP contribution in [0.2, 0.25) is 0 Å². The number of nitrogens with zero attached hydrogens (tertiary/aromatic N) is 1. The van der Waals surface area contributed by atoms with Gasteiger partial charge in [0.2, 0.25) is 0 Å².